The van der Waals surface area contributed by atoms with Gasteiger partial charge >= 0.3 is 0 Å². The van der Waals surface area contributed by atoms with Crippen LogP contribution in [-0.4, -0.2) is 13.6 Å². The molecular formula is C9H28N+. The number of quaternary nitrogens is 1. The molecular weight excluding hydrogens is 122 g/mol. The van der Waals surface area contributed by atoms with Crippen molar-refractivity contribution in [3.8, 4) is 0 Å². The maximum absolute atomic E-state index is 2.12. The fraction of sp³-hybridized carbons (Fsp3) is 1.00. The van der Waals surface area contributed by atoms with Crippen molar-refractivity contribution in [2.24, 2.45) is 0 Å². The molecule has 0 radical (unpaired) electrons. The molecule has 1 nitrogen and oxygen atoms in total. The first-order valence-electron chi connectivity index (χ1n) is 4.11. The van der Waals surface area contributed by atoms with Crippen molar-refractivity contribution in [2.75, 3.05) is 13.6 Å². The summed E-state index contributed by atoms with van der Waals surface area (Å²) >= 11 is 0. The normalized spacial score (nSPS) is 5.40. The number of hydrogen-bond acceptors (Lipinski definition) is 0. The Labute approximate surface area is 68.2 Å². The minimum atomic E-state index is 0. The van der Waals surface area contributed by atoms with Crippen molar-refractivity contribution in [3.63, 3.8) is 0 Å². The van der Waals surface area contributed by atoms with Gasteiger partial charge in [-0.3, -0.25) is 0 Å². The van der Waals surface area contributed by atoms with Crippen molar-refractivity contribution in [1.82, 2.24) is 0 Å². The lowest BCUT2D eigenvalue weighted by Crippen LogP contribution is -2.78. The van der Waals surface area contributed by atoms with Crippen molar-refractivity contribution in [2.45, 2.75) is 48.5 Å². The quantitative estimate of drug-likeness (QED) is 0.590. The van der Waals surface area contributed by atoms with E-state index in [4.69, 9.17) is 0 Å². The molecule has 68 valence electrons. The van der Waals surface area contributed by atoms with Crippen LogP contribution in [0.25, 0.3) is 0 Å². The zero-order chi connectivity index (χ0) is 8.12. The van der Waals surface area contributed by atoms with Gasteiger partial charge in [-0.25, -0.2) is 0 Å². The Hall–Kier alpha value is -0.0400. The van der Waals surface area contributed by atoms with Gasteiger partial charge in [0.15, 0.2) is 0 Å². The van der Waals surface area contributed by atoms with Gasteiger partial charge in [0, 0.05) is 0 Å². The third kappa shape index (κ3) is 418. The largest absolute Gasteiger partial charge is 0.349 e. The molecule has 0 spiro atoms. The van der Waals surface area contributed by atoms with Gasteiger partial charge in [-0.1, -0.05) is 41.5 Å². The van der Waals surface area contributed by atoms with Gasteiger partial charge in [-0.2, -0.15) is 0 Å². The van der Waals surface area contributed by atoms with E-state index in [1.807, 2.05) is 13.8 Å². The van der Waals surface area contributed by atoms with E-state index in [9.17, 15) is 0 Å². The third-order valence-electron chi connectivity index (χ3n) is 0.408. The first-order chi connectivity index (χ1) is 4.33. The molecule has 0 atom stereocenters. The molecule has 0 amide bonds. The van der Waals surface area contributed by atoms with E-state index < -0.39 is 0 Å². The van der Waals surface area contributed by atoms with Crippen molar-refractivity contribution in [1.29, 1.82) is 0 Å². The maximum Gasteiger partial charge on any atom is 0.0724 e. The van der Waals surface area contributed by atoms with Crippen LogP contribution in [-0.2, 0) is 0 Å². The van der Waals surface area contributed by atoms with Crippen LogP contribution in [0, 0.1) is 0 Å². The molecule has 0 saturated heterocycles. The van der Waals surface area contributed by atoms with E-state index in [0.29, 0.717) is 0 Å². The fourth-order valence-electron chi connectivity index (χ4n) is 0. The first-order valence-corrected chi connectivity index (χ1v) is 4.11. The molecule has 0 rings (SSSR count). The molecule has 0 aliphatic carbocycles. The van der Waals surface area contributed by atoms with Gasteiger partial charge in [-0.05, 0) is 6.92 Å². The minimum absolute atomic E-state index is 0. The average Bonchev–Trinajstić information content (AvgIpc) is 1.94. The van der Waals surface area contributed by atoms with Gasteiger partial charge in [0.25, 0.3) is 0 Å². The second kappa shape index (κ2) is 64.8. The summed E-state index contributed by atoms with van der Waals surface area (Å²) in [5, 5.41) is 2.12. The third-order valence-corrected chi connectivity index (χ3v) is 0.408. The van der Waals surface area contributed by atoms with Crippen LogP contribution in [0.4, 0.5) is 0 Å². The lowest BCUT2D eigenvalue weighted by Gasteiger charge is -1.73. The van der Waals surface area contributed by atoms with E-state index in [-0.39, 0.29) is 7.43 Å². The van der Waals surface area contributed by atoms with Crippen molar-refractivity contribution >= 4 is 0 Å². The van der Waals surface area contributed by atoms with Crippen LogP contribution in [0.3, 0.4) is 0 Å². The second-order valence-electron chi connectivity index (χ2n) is 1.52. The maximum atomic E-state index is 2.12. The Bertz CT molecular complexity index is 12.2. The minimum Gasteiger partial charge on any atom is -0.349 e. The van der Waals surface area contributed by atoms with Crippen LogP contribution in [0.15, 0.2) is 0 Å². The highest BCUT2D eigenvalue weighted by molar-refractivity contribution is 3.92. The Kier molecular flexibility index (Phi) is 146. The first kappa shape index (κ1) is 22.5. The number of rotatable bonds is 1. The highest BCUT2D eigenvalue weighted by atomic mass is 14.8. The molecule has 0 aromatic rings. The van der Waals surface area contributed by atoms with E-state index >= 15 is 0 Å². The number of nitrogens with two attached hydrogens (primary N) is 1. The second-order valence-corrected chi connectivity index (χ2v) is 1.52. The lowest BCUT2D eigenvalue weighted by atomic mass is 10.6. The summed E-state index contributed by atoms with van der Waals surface area (Å²) in [6.45, 7) is 11.6. The summed E-state index contributed by atoms with van der Waals surface area (Å²) in [5.41, 5.74) is 0. The summed E-state index contributed by atoms with van der Waals surface area (Å²) < 4.78 is 0. The molecule has 0 heterocycles. The van der Waals surface area contributed by atoms with E-state index in [1.54, 1.807) is 0 Å². The van der Waals surface area contributed by atoms with Gasteiger partial charge in [0.05, 0.1) is 13.6 Å². The van der Waals surface area contributed by atoms with Gasteiger partial charge in [-0.15, -0.1) is 0 Å². The molecule has 10 heavy (non-hydrogen) atoms. The molecule has 0 aliphatic heterocycles. The zero-order valence-electron chi connectivity index (χ0n) is 7.99. The monoisotopic (exact) mass is 150 g/mol. The Morgan fingerprint density at radius 3 is 1.10 bits per heavy atom. The molecule has 0 aliphatic rings. The van der Waals surface area contributed by atoms with Crippen molar-refractivity contribution < 1.29 is 5.32 Å². The zero-order valence-corrected chi connectivity index (χ0v) is 7.99. The van der Waals surface area contributed by atoms with Crippen LogP contribution in [0.2, 0.25) is 0 Å². The number of hydrogen-bond donors (Lipinski definition) is 1. The van der Waals surface area contributed by atoms with Crippen LogP contribution in [0.1, 0.15) is 48.5 Å². The molecule has 0 saturated carbocycles. The SMILES string of the molecule is C.CC.CCC.CC[NH2+]C. The smallest absolute Gasteiger partial charge is 0.0724 e. The van der Waals surface area contributed by atoms with E-state index in [2.05, 4.69) is 33.1 Å². The molecule has 0 bridgehead atoms. The molecule has 0 aromatic heterocycles. The standard InChI is InChI=1S/C3H9N.C3H8.C2H6.CH4/c1-3-4-2;1-3-2;1-2;/h4H,3H2,1-2H3;3H2,1-2H3;1-2H3;1H4/p+1. The highest BCUT2D eigenvalue weighted by Crippen LogP contribution is 1.56. The Morgan fingerprint density at radius 2 is 1.10 bits per heavy atom. The Balaban J connectivity index is -0.0000000273. The summed E-state index contributed by atoms with van der Waals surface area (Å²) in [6, 6.07) is 0. The summed E-state index contributed by atoms with van der Waals surface area (Å²) in [7, 11) is 2.06. The Morgan fingerprint density at radius 1 is 1.00 bits per heavy atom. The molecule has 1 heteroatoms. The topological polar surface area (TPSA) is 16.6 Å². The van der Waals surface area contributed by atoms with Crippen LogP contribution < -0.4 is 5.32 Å². The van der Waals surface area contributed by atoms with E-state index in [0.717, 1.165) is 0 Å². The predicted molar refractivity (Wildman–Crippen MR) is 52.4 cm³/mol. The average molecular weight is 150 g/mol. The molecule has 0 aromatic carbocycles. The lowest BCUT2D eigenvalue weighted by molar-refractivity contribution is -0.623. The van der Waals surface area contributed by atoms with Crippen LogP contribution >= 0.6 is 0 Å². The fourth-order valence-corrected chi connectivity index (χ4v) is 0. The van der Waals surface area contributed by atoms with Gasteiger partial charge in [0.1, 0.15) is 0 Å². The summed E-state index contributed by atoms with van der Waals surface area (Å²) in [5.74, 6) is 0. The van der Waals surface area contributed by atoms with Crippen LogP contribution in [0.5, 0.6) is 0 Å². The predicted octanol–water partition coefficient (Wildman–Crippen LogP) is 2.28. The summed E-state index contributed by atoms with van der Waals surface area (Å²) in [6.07, 6.45) is 1.25. The summed E-state index contributed by atoms with van der Waals surface area (Å²) in [4.78, 5) is 0. The van der Waals surface area contributed by atoms with Gasteiger partial charge < -0.3 is 5.32 Å². The van der Waals surface area contributed by atoms with Crippen molar-refractivity contribution in [3.05, 3.63) is 0 Å². The molecule has 0 fully saturated rings. The highest BCUT2D eigenvalue weighted by Gasteiger charge is 1.54. The van der Waals surface area contributed by atoms with Gasteiger partial charge in [0.2, 0.25) is 0 Å². The van der Waals surface area contributed by atoms with E-state index in [1.165, 1.54) is 13.0 Å². The molecule has 0 unspecified atom stereocenters. The molecule has 2 N–H and O–H groups in total.